The van der Waals surface area contributed by atoms with E-state index in [0.29, 0.717) is 0 Å². The molecule has 0 bridgehead atoms. The first-order chi connectivity index (χ1) is 19.1. The van der Waals surface area contributed by atoms with Gasteiger partial charge in [0, 0.05) is 0 Å². The molecule has 198 valence electrons. The Morgan fingerprint density at radius 1 is 0.650 bits per heavy atom. The summed E-state index contributed by atoms with van der Waals surface area (Å²) in [5.41, 5.74) is 11.9. The third-order valence-electron chi connectivity index (χ3n) is 9.12. The van der Waals surface area contributed by atoms with Crippen molar-refractivity contribution in [3.63, 3.8) is 0 Å². The minimum absolute atomic E-state index is 0.0757. The zero-order chi connectivity index (χ0) is 28.1. The summed E-state index contributed by atoms with van der Waals surface area (Å²) in [7, 11) is 0. The average Bonchev–Trinajstić information content (AvgIpc) is 3.59. The molecule has 1 heteroatoms. The Balaban J connectivity index is 1.72. The second-order valence-electron chi connectivity index (χ2n) is 13.9. The number of fused-ring (bicyclic) bond motifs is 3. The number of hydrogen-bond donors (Lipinski definition) is 0. The van der Waals surface area contributed by atoms with Crippen molar-refractivity contribution in [3.8, 4) is 11.1 Å². The molecule has 4 aromatic rings. The van der Waals surface area contributed by atoms with Crippen LogP contribution < -0.4 is 4.16 Å². The Hall–Kier alpha value is -3.15. The molecule has 2 aliphatic rings. The molecular formula is C39H40Zn. The molecule has 0 nitrogen and oxygen atoms in total. The number of benzene rings is 4. The molecule has 0 unspecified atom stereocenters. The Kier molecular flexibility index (Phi) is 7.00. The van der Waals surface area contributed by atoms with E-state index < -0.39 is 15.5 Å². The zero-order valence-electron chi connectivity index (χ0n) is 25.0. The molecule has 0 aliphatic heterocycles. The first kappa shape index (κ1) is 27.0. The monoisotopic (exact) mass is 572 g/mol. The molecule has 4 aromatic carbocycles. The second kappa shape index (κ2) is 10.4. The van der Waals surface area contributed by atoms with Gasteiger partial charge in [-0.05, 0) is 0 Å². The van der Waals surface area contributed by atoms with Gasteiger partial charge in [-0.3, -0.25) is 0 Å². The Labute approximate surface area is 245 Å². The third-order valence-corrected chi connectivity index (χ3v) is 18.2. The average molecular weight is 574 g/mol. The SMILES string of the molecule is CC(C)(C)c1ccc2c(c1)-c1cc(C(C)(C)C)c[c]([Zn]([C]3=CC=CC3)=[C](c3ccccc3)c3ccccc3)c1C2. The van der Waals surface area contributed by atoms with Crippen LogP contribution in [-0.4, -0.2) is 4.11 Å². The predicted molar refractivity (Wildman–Crippen MR) is 170 cm³/mol. The maximum atomic E-state index is 2.64. The first-order valence-corrected chi connectivity index (χ1v) is 19.4. The summed E-state index contributed by atoms with van der Waals surface area (Å²) in [4.78, 5) is 0. The van der Waals surface area contributed by atoms with E-state index in [1.807, 2.05) is 0 Å². The van der Waals surface area contributed by atoms with Crippen molar-refractivity contribution in [2.75, 3.05) is 0 Å². The van der Waals surface area contributed by atoms with Crippen LogP contribution in [0.3, 0.4) is 0 Å². The van der Waals surface area contributed by atoms with Crippen molar-refractivity contribution in [1.82, 2.24) is 0 Å². The van der Waals surface area contributed by atoms with Gasteiger partial charge in [-0.1, -0.05) is 0 Å². The summed E-state index contributed by atoms with van der Waals surface area (Å²) in [6.07, 6.45) is 9.25. The zero-order valence-corrected chi connectivity index (χ0v) is 28.0. The molecule has 0 amide bonds. The van der Waals surface area contributed by atoms with E-state index in [2.05, 4.69) is 151 Å². The number of rotatable bonds is 4. The number of hydrogen-bond acceptors (Lipinski definition) is 0. The van der Waals surface area contributed by atoms with E-state index in [-0.39, 0.29) is 10.8 Å². The van der Waals surface area contributed by atoms with Crippen LogP contribution in [0.1, 0.15) is 81.3 Å². The topological polar surface area (TPSA) is 0 Å². The maximum absolute atomic E-state index is 2.82. The van der Waals surface area contributed by atoms with Crippen LogP contribution in [0.4, 0.5) is 0 Å². The Bertz CT molecular complexity index is 1630. The van der Waals surface area contributed by atoms with Crippen LogP contribution in [0.15, 0.2) is 113 Å². The van der Waals surface area contributed by atoms with Gasteiger partial charge < -0.3 is 0 Å². The fourth-order valence-corrected chi connectivity index (χ4v) is 16.5. The van der Waals surface area contributed by atoms with E-state index in [4.69, 9.17) is 0 Å². The molecule has 2 aliphatic carbocycles. The Morgan fingerprint density at radius 2 is 1.25 bits per heavy atom. The predicted octanol–water partition coefficient (Wildman–Crippen LogP) is 9.21. The molecule has 0 N–H and O–H groups in total. The van der Waals surface area contributed by atoms with E-state index in [0.717, 1.165) is 12.8 Å². The van der Waals surface area contributed by atoms with Crippen LogP contribution in [0.5, 0.6) is 0 Å². The molecule has 0 saturated carbocycles. The molecule has 40 heavy (non-hydrogen) atoms. The van der Waals surface area contributed by atoms with Gasteiger partial charge in [0.2, 0.25) is 0 Å². The summed E-state index contributed by atoms with van der Waals surface area (Å²) in [6.45, 7) is 14.1. The van der Waals surface area contributed by atoms with Crippen LogP contribution in [-0.2, 0) is 32.8 Å². The van der Waals surface area contributed by atoms with Crippen LogP contribution >= 0.6 is 0 Å². The van der Waals surface area contributed by atoms with Crippen molar-refractivity contribution in [2.45, 2.75) is 65.2 Å². The van der Waals surface area contributed by atoms with Crippen LogP contribution in [0.2, 0.25) is 0 Å². The number of allylic oxidation sites excluding steroid dienone is 4. The molecule has 0 heterocycles. The normalized spacial score (nSPS) is 13.9. The summed E-state index contributed by atoms with van der Waals surface area (Å²) in [6, 6.07) is 34.9. The fraction of sp³-hybridized carbons (Fsp3) is 0.256. The quantitative estimate of drug-likeness (QED) is 0.188. The van der Waals surface area contributed by atoms with Gasteiger partial charge in [0.25, 0.3) is 0 Å². The van der Waals surface area contributed by atoms with E-state index in [9.17, 15) is 0 Å². The second-order valence-corrected chi connectivity index (χ2v) is 21.1. The summed E-state index contributed by atoms with van der Waals surface area (Å²) < 4.78 is 4.96. The van der Waals surface area contributed by atoms with Crippen LogP contribution in [0, 0.1) is 0 Å². The molecule has 0 radical (unpaired) electrons. The van der Waals surface area contributed by atoms with Crippen molar-refractivity contribution in [3.05, 3.63) is 147 Å². The van der Waals surface area contributed by atoms with Gasteiger partial charge in [0.15, 0.2) is 0 Å². The van der Waals surface area contributed by atoms with E-state index >= 15 is 0 Å². The molecule has 6 rings (SSSR count). The molecule has 0 atom stereocenters. The molecule has 0 aromatic heterocycles. The Morgan fingerprint density at radius 3 is 1.80 bits per heavy atom. The van der Waals surface area contributed by atoms with Gasteiger partial charge in [0.05, 0.1) is 0 Å². The van der Waals surface area contributed by atoms with Crippen molar-refractivity contribution < 1.29 is 15.5 Å². The fourth-order valence-electron chi connectivity index (χ4n) is 6.84. The van der Waals surface area contributed by atoms with Gasteiger partial charge >= 0.3 is 247 Å². The van der Waals surface area contributed by atoms with Gasteiger partial charge in [-0.15, -0.1) is 0 Å². The van der Waals surface area contributed by atoms with E-state index in [1.165, 1.54) is 38.9 Å². The summed E-state index contributed by atoms with van der Waals surface area (Å²) >= 11 is -2.82. The molecule has 0 saturated heterocycles. The molecule has 0 fully saturated rings. The van der Waals surface area contributed by atoms with E-state index in [1.54, 1.807) is 18.0 Å². The van der Waals surface area contributed by atoms with Crippen molar-refractivity contribution in [2.24, 2.45) is 0 Å². The van der Waals surface area contributed by atoms with Gasteiger partial charge in [-0.2, -0.15) is 0 Å². The third kappa shape index (κ3) is 5.06. The van der Waals surface area contributed by atoms with Crippen molar-refractivity contribution >= 4 is 8.26 Å². The summed E-state index contributed by atoms with van der Waals surface area (Å²) in [5.74, 6) is 0. The molecule has 0 spiro atoms. The van der Waals surface area contributed by atoms with Crippen molar-refractivity contribution in [1.29, 1.82) is 0 Å². The van der Waals surface area contributed by atoms with Crippen LogP contribution in [0.25, 0.3) is 11.1 Å². The standard InChI is InChI=1S/C21H25.C13H10.C5H5.Zn/c1-20(2,3)16-9-7-14-11-15-8-10-17(21(4,5)6)13-19(15)18(14)12-16;1-3-7-12(8-4-1)11-13-9-5-2-6-10-13;1-2-4-5-3-1;/h7,9-10,12-13H,11H2,1-6H3;1-10H;1-3H,4H2;. The van der Waals surface area contributed by atoms with Gasteiger partial charge in [-0.25, -0.2) is 0 Å². The summed E-state index contributed by atoms with van der Waals surface area (Å²) in [5, 5.41) is 0. The minimum atomic E-state index is -2.82. The first-order valence-electron chi connectivity index (χ1n) is 14.9. The van der Waals surface area contributed by atoms with Gasteiger partial charge in [0.1, 0.15) is 0 Å². The molecular weight excluding hydrogens is 534 g/mol.